The lowest BCUT2D eigenvalue weighted by atomic mass is 9.99. The fraction of sp³-hybridized carbons (Fsp3) is 0.350. The number of benzene rings is 2. The minimum atomic E-state index is 0. The number of nitrogens with two attached hydrogens (primary N) is 1. The summed E-state index contributed by atoms with van der Waals surface area (Å²) in [6.07, 6.45) is 0.890. The van der Waals surface area contributed by atoms with Gasteiger partial charge in [0.2, 0.25) is 0 Å². The minimum absolute atomic E-state index is 0. The molecule has 0 aliphatic carbocycles. The first kappa shape index (κ1) is 19.6. The Balaban J connectivity index is 0.00000225. The molecule has 0 spiro atoms. The molecule has 0 saturated heterocycles. The first-order valence-corrected chi connectivity index (χ1v) is 8.48. The Hall–Kier alpha value is -1.76. The number of guanidine groups is 1. The van der Waals surface area contributed by atoms with Crippen LogP contribution in [-0.4, -0.2) is 19.1 Å². The van der Waals surface area contributed by atoms with Gasteiger partial charge in [0.25, 0.3) is 0 Å². The van der Waals surface area contributed by atoms with E-state index in [0.29, 0.717) is 25.0 Å². The van der Waals surface area contributed by atoms with Crippen LogP contribution < -0.4 is 15.8 Å². The Bertz CT molecular complexity index is 732. The summed E-state index contributed by atoms with van der Waals surface area (Å²) in [5.41, 5.74) is 9.83. The van der Waals surface area contributed by atoms with Gasteiger partial charge < -0.3 is 15.8 Å². The number of nitrogens with zero attached hydrogens (tertiary/aromatic N) is 1. The van der Waals surface area contributed by atoms with Gasteiger partial charge >= 0.3 is 0 Å². The van der Waals surface area contributed by atoms with Crippen molar-refractivity contribution in [2.24, 2.45) is 10.7 Å². The van der Waals surface area contributed by atoms with Gasteiger partial charge in [0.15, 0.2) is 5.96 Å². The molecule has 0 saturated carbocycles. The fourth-order valence-corrected chi connectivity index (χ4v) is 3.03. The van der Waals surface area contributed by atoms with Crippen LogP contribution in [0.25, 0.3) is 0 Å². The maximum absolute atomic E-state index is 6.12. The van der Waals surface area contributed by atoms with Crippen molar-refractivity contribution in [3.8, 4) is 5.75 Å². The van der Waals surface area contributed by atoms with Crippen LogP contribution in [0.3, 0.4) is 0 Å². The topological polar surface area (TPSA) is 59.6 Å². The molecule has 2 aromatic rings. The van der Waals surface area contributed by atoms with Crippen LogP contribution in [0.5, 0.6) is 5.75 Å². The van der Waals surface area contributed by atoms with Crippen LogP contribution in [0.2, 0.25) is 0 Å². The zero-order valence-corrected chi connectivity index (χ0v) is 17.1. The summed E-state index contributed by atoms with van der Waals surface area (Å²) in [4.78, 5) is 4.54. The SMILES string of the molecule is Cc1cccc(C(C)CN=C(N)NC2CCOc3ccccc32)c1.I. The van der Waals surface area contributed by atoms with Crippen LogP contribution in [-0.2, 0) is 0 Å². The van der Waals surface area contributed by atoms with E-state index in [1.165, 1.54) is 11.1 Å². The molecule has 5 heteroatoms. The van der Waals surface area contributed by atoms with Crippen molar-refractivity contribution < 1.29 is 4.74 Å². The third-order valence-electron chi connectivity index (χ3n) is 4.43. The van der Waals surface area contributed by atoms with Gasteiger partial charge in [0.05, 0.1) is 12.6 Å². The van der Waals surface area contributed by atoms with Crippen LogP contribution in [0.15, 0.2) is 53.5 Å². The maximum atomic E-state index is 6.12. The molecule has 2 aromatic carbocycles. The number of nitrogens with one attached hydrogen (secondary N) is 1. The van der Waals surface area contributed by atoms with Crippen molar-refractivity contribution in [3.63, 3.8) is 0 Å². The van der Waals surface area contributed by atoms with Gasteiger partial charge in [-0.25, -0.2) is 0 Å². The first-order valence-electron chi connectivity index (χ1n) is 8.48. The van der Waals surface area contributed by atoms with Crippen LogP contribution >= 0.6 is 24.0 Å². The van der Waals surface area contributed by atoms with Crippen LogP contribution in [0.4, 0.5) is 0 Å². The number of aryl methyl sites for hydroxylation is 1. The van der Waals surface area contributed by atoms with Gasteiger partial charge in [-0.15, -0.1) is 24.0 Å². The van der Waals surface area contributed by atoms with Crippen molar-refractivity contribution in [2.75, 3.05) is 13.2 Å². The predicted octanol–water partition coefficient (Wildman–Crippen LogP) is 4.14. The second-order valence-electron chi connectivity index (χ2n) is 6.41. The number of hydrogen-bond donors (Lipinski definition) is 2. The normalized spacial score (nSPS) is 17.7. The molecule has 1 aliphatic heterocycles. The largest absolute Gasteiger partial charge is 0.493 e. The number of fused-ring (bicyclic) bond motifs is 1. The highest BCUT2D eigenvalue weighted by molar-refractivity contribution is 14.0. The first-order chi connectivity index (χ1) is 11.6. The third-order valence-corrected chi connectivity index (χ3v) is 4.43. The number of para-hydroxylation sites is 1. The highest BCUT2D eigenvalue weighted by atomic mass is 127. The average molecular weight is 451 g/mol. The van der Waals surface area contributed by atoms with Crippen LogP contribution in [0.1, 0.15) is 42.0 Å². The van der Waals surface area contributed by atoms with E-state index in [1.54, 1.807) is 0 Å². The summed E-state index contributed by atoms with van der Waals surface area (Å²) in [5, 5.41) is 3.34. The van der Waals surface area contributed by atoms with Gasteiger partial charge in [0, 0.05) is 24.4 Å². The molecule has 0 aromatic heterocycles. The zero-order chi connectivity index (χ0) is 16.9. The molecular formula is C20H26IN3O. The van der Waals surface area contributed by atoms with E-state index < -0.39 is 0 Å². The number of ether oxygens (including phenoxy) is 1. The molecule has 0 amide bonds. The van der Waals surface area contributed by atoms with Crippen molar-refractivity contribution in [2.45, 2.75) is 32.2 Å². The quantitative estimate of drug-likeness (QED) is 0.417. The lowest BCUT2D eigenvalue weighted by Gasteiger charge is -2.27. The molecule has 1 heterocycles. The van der Waals surface area contributed by atoms with E-state index in [0.717, 1.165) is 17.7 Å². The van der Waals surface area contributed by atoms with Gasteiger partial charge in [-0.3, -0.25) is 4.99 Å². The third kappa shape index (κ3) is 5.11. The lowest BCUT2D eigenvalue weighted by molar-refractivity contribution is 0.262. The van der Waals surface area contributed by atoms with E-state index in [2.05, 4.69) is 54.5 Å². The highest BCUT2D eigenvalue weighted by Crippen LogP contribution is 2.31. The van der Waals surface area contributed by atoms with E-state index in [4.69, 9.17) is 10.5 Å². The molecule has 2 unspecified atom stereocenters. The summed E-state index contributed by atoms with van der Waals surface area (Å²) >= 11 is 0. The zero-order valence-electron chi connectivity index (χ0n) is 14.7. The van der Waals surface area contributed by atoms with Gasteiger partial charge in [-0.1, -0.05) is 55.0 Å². The Morgan fingerprint density at radius 3 is 2.88 bits per heavy atom. The molecule has 0 bridgehead atoms. The number of hydrogen-bond acceptors (Lipinski definition) is 2. The molecule has 4 nitrogen and oxygen atoms in total. The monoisotopic (exact) mass is 451 g/mol. The lowest BCUT2D eigenvalue weighted by Crippen LogP contribution is -2.37. The highest BCUT2D eigenvalue weighted by Gasteiger charge is 2.21. The second-order valence-corrected chi connectivity index (χ2v) is 6.41. The average Bonchev–Trinajstić information content (AvgIpc) is 2.60. The molecule has 25 heavy (non-hydrogen) atoms. The van der Waals surface area contributed by atoms with Crippen molar-refractivity contribution in [1.82, 2.24) is 5.32 Å². The smallest absolute Gasteiger partial charge is 0.189 e. The summed E-state index contributed by atoms with van der Waals surface area (Å²) < 4.78 is 5.68. The molecule has 134 valence electrons. The Labute approximate surface area is 166 Å². The summed E-state index contributed by atoms with van der Waals surface area (Å²) in [5.74, 6) is 1.77. The van der Waals surface area contributed by atoms with E-state index in [1.807, 2.05) is 18.2 Å². The van der Waals surface area contributed by atoms with Gasteiger partial charge in [-0.05, 0) is 18.6 Å². The number of aliphatic imine (C=N–C) groups is 1. The van der Waals surface area contributed by atoms with Gasteiger partial charge in [0.1, 0.15) is 5.75 Å². The van der Waals surface area contributed by atoms with Crippen molar-refractivity contribution >= 4 is 29.9 Å². The Kier molecular flexibility index (Phi) is 7.11. The number of halogens is 1. The maximum Gasteiger partial charge on any atom is 0.189 e. The minimum Gasteiger partial charge on any atom is -0.493 e. The summed E-state index contributed by atoms with van der Waals surface area (Å²) in [7, 11) is 0. The van der Waals surface area contributed by atoms with E-state index in [9.17, 15) is 0 Å². The molecule has 1 aliphatic rings. The summed E-state index contributed by atoms with van der Waals surface area (Å²) in [6.45, 7) is 5.65. The summed E-state index contributed by atoms with van der Waals surface area (Å²) in [6, 6.07) is 16.8. The van der Waals surface area contributed by atoms with Crippen molar-refractivity contribution in [3.05, 3.63) is 65.2 Å². The Morgan fingerprint density at radius 1 is 1.28 bits per heavy atom. The number of rotatable bonds is 4. The standard InChI is InChI=1S/C20H25N3O.HI/c1-14-6-5-7-16(12-14)15(2)13-22-20(21)23-18-10-11-24-19-9-4-3-8-17(18)19;/h3-9,12,15,18H,10-11,13H2,1-2H3,(H3,21,22,23);1H. The molecule has 0 radical (unpaired) electrons. The second kappa shape index (κ2) is 9.08. The fourth-order valence-electron chi connectivity index (χ4n) is 3.03. The predicted molar refractivity (Wildman–Crippen MR) is 114 cm³/mol. The van der Waals surface area contributed by atoms with Gasteiger partial charge in [-0.2, -0.15) is 0 Å². The molecular weight excluding hydrogens is 425 g/mol. The van der Waals surface area contributed by atoms with Crippen molar-refractivity contribution in [1.29, 1.82) is 0 Å². The van der Waals surface area contributed by atoms with Crippen LogP contribution in [0, 0.1) is 6.92 Å². The molecule has 0 fully saturated rings. The molecule has 2 atom stereocenters. The molecule has 3 rings (SSSR count). The Morgan fingerprint density at radius 2 is 2.08 bits per heavy atom. The van der Waals surface area contributed by atoms with E-state index in [-0.39, 0.29) is 30.0 Å². The molecule has 3 N–H and O–H groups in total. The van der Waals surface area contributed by atoms with E-state index >= 15 is 0 Å².